The molecule has 0 radical (unpaired) electrons. The Morgan fingerprint density at radius 1 is 1.07 bits per heavy atom. The molecule has 0 aliphatic heterocycles. The number of rotatable bonds is 2. The van der Waals surface area contributed by atoms with Crippen LogP contribution in [-0.2, 0) is 0 Å². The lowest BCUT2D eigenvalue weighted by Gasteiger charge is -2.44. The number of hydrogen-bond donors (Lipinski definition) is 1. The monoisotopic (exact) mass is 209 g/mol. The highest BCUT2D eigenvalue weighted by atomic mass is 14.8. The lowest BCUT2D eigenvalue weighted by Crippen LogP contribution is -2.47. The van der Waals surface area contributed by atoms with Crippen LogP contribution in [0.3, 0.4) is 0 Å². The van der Waals surface area contributed by atoms with Gasteiger partial charge in [0.1, 0.15) is 0 Å². The summed E-state index contributed by atoms with van der Waals surface area (Å²) in [6, 6.07) is 0. The van der Waals surface area contributed by atoms with Gasteiger partial charge in [0.25, 0.3) is 0 Å². The van der Waals surface area contributed by atoms with Crippen LogP contribution < -0.4 is 5.73 Å². The number of nitrogens with two attached hydrogens (primary N) is 1. The van der Waals surface area contributed by atoms with Crippen molar-refractivity contribution in [3.8, 4) is 0 Å². The molecule has 1 heteroatoms. The van der Waals surface area contributed by atoms with Gasteiger partial charge in [-0.15, -0.1) is 0 Å². The molecular weight excluding hydrogens is 182 g/mol. The lowest BCUT2D eigenvalue weighted by molar-refractivity contribution is 0.128. The molecule has 2 rings (SSSR count). The topological polar surface area (TPSA) is 26.0 Å². The molecular formula is C14H27N. The maximum Gasteiger partial charge on any atom is 0.0162 e. The van der Waals surface area contributed by atoms with Crippen LogP contribution in [0.15, 0.2) is 0 Å². The van der Waals surface area contributed by atoms with Gasteiger partial charge in [-0.1, -0.05) is 46.0 Å². The van der Waals surface area contributed by atoms with Crippen LogP contribution in [0.5, 0.6) is 0 Å². The summed E-state index contributed by atoms with van der Waals surface area (Å²) in [5, 5.41) is 0. The Morgan fingerprint density at radius 2 is 1.73 bits per heavy atom. The molecule has 0 bridgehead atoms. The van der Waals surface area contributed by atoms with Crippen molar-refractivity contribution in [2.75, 3.05) is 0 Å². The molecule has 15 heavy (non-hydrogen) atoms. The fourth-order valence-corrected chi connectivity index (χ4v) is 4.01. The molecule has 0 aromatic rings. The van der Waals surface area contributed by atoms with Gasteiger partial charge in [0, 0.05) is 5.54 Å². The molecule has 0 aromatic heterocycles. The first kappa shape index (κ1) is 11.4. The highest BCUT2D eigenvalue weighted by molar-refractivity contribution is 4.96. The summed E-state index contributed by atoms with van der Waals surface area (Å²) in [6.45, 7) is 4.78. The van der Waals surface area contributed by atoms with Crippen molar-refractivity contribution in [3.63, 3.8) is 0 Å². The minimum atomic E-state index is 0.177. The van der Waals surface area contributed by atoms with Crippen LogP contribution in [0.2, 0.25) is 0 Å². The van der Waals surface area contributed by atoms with Crippen molar-refractivity contribution in [2.24, 2.45) is 17.1 Å². The smallest absolute Gasteiger partial charge is 0.0162 e. The highest BCUT2D eigenvalue weighted by Gasteiger charge is 2.38. The van der Waals surface area contributed by atoms with Gasteiger partial charge >= 0.3 is 0 Å². The first-order chi connectivity index (χ1) is 6.99. The Hall–Kier alpha value is -0.0400. The summed E-state index contributed by atoms with van der Waals surface area (Å²) in [4.78, 5) is 0. The van der Waals surface area contributed by atoms with Crippen molar-refractivity contribution in [1.82, 2.24) is 0 Å². The first-order valence-electron chi connectivity index (χ1n) is 6.78. The predicted octanol–water partition coefficient (Wildman–Crippen LogP) is 3.86. The van der Waals surface area contributed by atoms with E-state index in [-0.39, 0.29) is 5.54 Å². The molecule has 0 heterocycles. The second kappa shape index (κ2) is 4.08. The summed E-state index contributed by atoms with van der Waals surface area (Å²) in [6.07, 6.45) is 12.3. The van der Waals surface area contributed by atoms with E-state index in [0.717, 1.165) is 5.92 Å². The maximum absolute atomic E-state index is 6.61. The zero-order valence-corrected chi connectivity index (χ0v) is 10.5. The van der Waals surface area contributed by atoms with Crippen molar-refractivity contribution in [2.45, 2.75) is 77.2 Å². The summed E-state index contributed by atoms with van der Waals surface area (Å²) in [5.74, 6) is 0.948. The van der Waals surface area contributed by atoms with Crippen molar-refractivity contribution in [1.29, 1.82) is 0 Å². The minimum absolute atomic E-state index is 0.177. The van der Waals surface area contributed by atoms with Crippen LogP contribution in [0, 0.1) is 11.3 Å². The molecule has 2 saturated carbocycles. The van der Waals surface area contributed by atoms with E-state index in [2.05, 4.69) is 13.8 Å². The van der Waals surface area contributed by atoms with Crippen LogP contribution in [0.4, 0.5) is 0 Å². The average Bonchev–Trinajstić information content (AvgIpc) is 2.52. The average molecular weight is 209 g/mol. The minimum Gasteiger partial charge on any atom is -0.325 e. The largest absolute Gasteiger partial charge is 0.325 e. The summed E-state index contributed by atoms with van der Waals surface area (Å²) < 4.78 is 0. The zero-order chi connectivity index (χ0) is 10.9. The molecule has 1 unspecified atom stereocenters. The normalized spacial score (nSPS) is 37.0. The van der Waals surface area contributed by atoms with Gasteiger partial charge in [-0.2, -0.15) is 0 Å². The van der Waals surface area contributed by atoms with E-state index in [4.69, 9.17) is 5.73 Å². The Morgan fingerprint density at radius 3 is 2.33 bits per heavy atom. The predicted molar refractivity (Wildman–Crippen MR) is 65.7 cm³/mol. The Bertz CT molecular complexity index is 215. The highest BCUT2D eigenvalue weighted by Crippen LogP contribution is 2.44. The van der Waals surface area contributed by atoms with Crippen molar-refractivity contribution in [3.05, 3.63) is 0 Å². The molecule has 2 fully saturated rings. The molecule has 1 nitrogen and oxygen atoms in total. The summed E-state index contributed by atoms with van der Waals surface area (Å²) >= 11 is 0. The van der Waals surface area contributed by atoms with Gasteiger partial charge in [0.2, 0.25) is 0 Å². The molecule has 0 amide bonds. The Kier molecular flexibility index (Phi) is 3.12. The van der Waals surface area contributed by atoms with Gasteiger partial charge < -0.3 is 5.73 Å². The molecule has 2 N–H and O–H groups in total. The van der Waals surface area contributed by atoms with Crippen LogP contribution in [0.1, 0.15) is 71.6 Å². The molecule has 0 aromatic carbocycles. The third-order valence-electron chi connectivity index (χ3n) is 4.53. The molecule has 1 atom stereocenters. The zero-order valence-electron chi connectivity index (χ0n) is 10.5. The molecule has 2 aliphatic rings. The summed E-state index contributed by atoms with van der Waals surface area (Å²) in [5.41, 5.74) is 7.28. The molecule has 0 saturated heterocycles. The third-order valence-corrected chi connectivity index (χ3v) is 4.53. The Labute approximate surface area is 94.8 Å². The standard InChI is InChI=1S/C14H27N/c1-13(2)8-5-9-14(15,11-13)10-12-6-3-4-7-12/h12H,3-11,15H2,1-2H3. The van der Waals surface area contributed by atoms with E-state index in [9.17, 15) is 0 Å². The van der Waals surface area contributed by atoms with Crippen molar-refractivity contribution < 1.29 is 0 Å². The number of hydrogen-bond acceptors (Lipinski definition) is 1. The summed E-state index contributed by atoms with van der Waals surface area (Å²) in [7, 11) is 0. The van der Waals surface area contributed by atoms with Crippen LogP contribution >= 0.6 is 0 Å². The van der Waals surface area contributed by atoms with Gasteiger partial charge in [-0.3, -0.25) is 0 Å². The van der Waals surface area contributed by atoms with E-state index in [1.54, 1.807) is 0 Å². The lowest BCUT2D eigenvalue weighted by atomic mass is 9.66. The first-order valence-corrected chi connectivity index (χ1v) is 6.78. The van der Waals surface area contributed by atoms with Gasteiger partial charge in [0.15, 0.2) is 0 Å². The molecule has 88 valence electrons. The Balaban J connectivity index is 1.93. The van der Waals surface area contributed by atoms with E-state index < -0.39 is 0 Å². The van der Waals surface area contributed by atoms with Crippen LogP contribution in [-0.4, -0.2) is 5.54 Å². The van der Waals surface area contributed by atoms with Gasteiger partial charge in [-0.25, -0.2) is 0 Å². The fraction of sp³-hybridized carbons (Fsp3) is 1.00. The quantitative estimate of drug-likeness (QED) is 0.734. The van der Waals surface area contributed by atoms with E-state index in [0.29, 0.717) is 5.41 Å². The van der Waals surface area contributed by atoms with E-state index >= 15 is 0 Å². The van der Waals surface area contributed by atoms with E-state index in [1.807, 2.05) is 0 Å². The third kappa shape index (κ3) is 2.96. The SMILES string of the molecule is CC1(C)CCCC(N)(CC2CCCC2)C1. The van der Waals surface area contributed by atoms with Crippen molar-refractivity contribution >= 4 is 0 Å². The van der Waals surface area contributed by atoms with E-state index in [1.165, 1.54) is 57.8 Å². The molecule has 2 aliphatic carbocycles. The second-order valence-electron chi connectivity index (χ2n) is 6.91. The second-order valence-corrected chi connectivity index (χ2v) is 6.91. The maximum atomic E-state index is 6.61. The fourth-order valence-electron chi connectivity index (χ4n) is 4.01. The van der Waals surface area contributed by atoms with Gasteiger partial charge in [0.05, 0.1) is 0 Å². The van der Waals surface area contributed by atoms with Crippen LogP contribution in [0.25, 0.3) is 0 Å². The molecule has 0 spiro atoms. The van der Waals surface area contributed by atoms with Gasteiger partial charge in [-0.05, 0) is 37.0 Å².